The first-order valence-electron chi connectivity index (χ1n) is 4.53. The molecule has 0 amide bonds. The molecule has 72 valence electrons. The second-order valence-corrected chi connectivity index (χ2v) is 5.97. The minimum absolute atomic E-state index is 0.530. The van der Waals surface area contributed by atoms with Crippen LogP contribution in [0.4, 0.5) is 0 Å². The summed E-state index contributed by atoms with van der Waals surface area (Å²) in [6, 6.07) is 0.722. The van der Waals surface area contributed by atoms with Crippen molar-refractivity contribution < 1.29 is 0 Å². The molecular weight excluding hydrogens is 246 g/mol. The number of nitrogens with one attached hydrogen (secondary N) is 1. The van der Waals surface area contributed by atoms with Crippen molar-refractivity contribution in [2.45, 2.75) is 32.9 Å². The third kappa shape index (κ3) is 2.14. The van der Waals surface area contributed by atoms with E-state index < -0.39 is 0 Å². The van der Waals surface area contributed by atoms with E-state index in [1.807, 2.05) is 0 Å². The molecule has 0 saturated heterocycles. The van der Waals surface area contributed by atoms with Crippen LogP contribution >= 0.6 is 27.3 Å². The molecule has 0 spiro atoms. The van der Waals surface area contributed by atoms with Crippen LogP contribution in [-0.2, 0) is 6.54 Å². The maximum absolute atomic E-state index is 3.57. The molecule has 0 radical (unpaired) electrons. The molecule has 1 nitrogen and oxygen atoms in total. The molecule has 1 saturated carbocycles. The van der Waals surface area contributed by atoms with Gasteiger partial charge in [-0.1, -0.05) is 13.8 Å². The van der Waals surface area contributed by atoms with Crippen LogP contribution in [0.25, 0.3) is 0 Å². The Morgan fingerprint density at radius 3 is 2.77 bits per heavy atom. The summed E-state index contributed by atoms with van der Waals surface area (Å²) in [6.45, 7) is 5.62. The van der Waals surface area contributed by atoms with Gasteiger partial charge in [-0.25, -0.2) is 0 Å². The number of halogens is 1. The normalized spacial score (nSPS) is 24.7. The maximum atomic E-state index is 3.57. The molecule has 1 aliphatic rings. The molecule has 0 bridgehead atoms. The summed E-state index contributed by atoms with van der Waals surface area (Å²) in [5.41, 5.74) is 1.91. The highest BCUT2D eigenvalue weighted by molar-refractivity contribution is 9.10. The summed E-state index contributed by atoms with van der Waals surface area (Å²) in [4.78, 5) is 0. The molecule has 1 aliphatic carbocycles. The average Bonchev–Trinajstić information content (AvgIpc) is 2.47. The minimum Gasteiger partial charge on any atom is -0.309 e. The van der Waals surface area contributed by atoms with Gasteiger partial charge in [0.25, 0.3) is 0 Å². The van der Waals surface area contributed by atoms with Crippen LogP contribution in [0.1, 0.15) is 25.8 Å². The van der Waals surface area contributed by atoms with E-state index in [9.17, 15) is 0 Å². The lowest BCUT2D eigenvalue weighted by Crippen LogP contribution is -2.19. The third-order valence-electron chi connectivity index (χ3n) is 2.74. The van der Waals surface area contributed by atoms with Gasteiger partial charge in [0.05, 0.1) is 0 Å². The Balaban J connectivity index is 1.85. The van der Waals surface area contributed by atoms with Crippen molar-refractivity contribution in [3.63, 3.8) is 0 Å². The summed E-state index contributed by atoms with van der Waals surface area (Å²) < 4.78 is 1.24. The monoisotopic (exact) mass is 259 g/mol. The minimum atomic E-state index is 0.530. The number of rotatable bonds is 3. The second-order valence-electron chi connectivity index (χ2n) is 4.37. The third-order valence-corrected chi connectivity index (χ3v) is 4.57. The van der Waals surface area contributed by atoms with Gasteiger partial charge in [-0.3, -0.25) is 0 Å². The van der Waals surface area contributed by atoms with E-state index >= 15 is 0 Å². The predicted octanol–water partition coefficient (Wildman–Crippen LogP) is 3.40. The molecular formula is C10H14BrNS. The first-order valence-corrected chi connectivity index (χ1v) is 6.27. The van der Waals surface area contributed by atoms with Gasteiger partial charge in [0, 0.05) is 22.4 Å². The van der Waals surface area contributed by atoms with E-state index in [-0.39, 0.29) is 0 Å². The largest absolute Gasteiger partial charge is 0.309 e. The van der Waals surface area contributed by atoms with Gasteiger partial charge in [0.15, 0.2) is 0 Å². The molecule has 1 unspecified atom stereocenters. The lowest BCUT2D eigenvalue weighted by Gasteiger charge is -2.05. The van der Waals surface area contributed by atoms with Gasteiger partial charge < -0.3 is 5.32 Å². The van der Waals surface area contributed by atoms with Crippen LogP contribution in [0.2, 0.25) is 0 Å². The standard InChI is InChI=1S/C10H14BrNS/c1-10(2)3-9(10)12-4-7-5-13-6-8(7)11/h5-6,9,12H,3-4H2,1-2H3. The zero-order valence-corrected chi connectivity index (χ0v) is 10.3. The highest BCUT2D eigenvalue weighted by Gasteiger charge is 2.44. The quantitative estimate of drug-likeness (QED) is 0.878. The van der Waals surface area contributed by atoms with Crippen LogP contribution in [-0.4, -0.2) is 6.04 Å². The van der Waals surface area contributed by atoms with Crippen molar-refractivity contribution in [2.75, 3.05) is 0 Å². The van der Waals surface area contributed by atoms with Crippen LogP contribution in [0.15, 0.2) is 15.2 Å². The van der Waals surface area contributed by atoms with Crippen molar-refractivity contribution in [3.05, 3.63) is 20.8 Å². The zero-order chi connectivity index (χ0) is 9.47. The Morgan fingerprint density at radius 2 is 2.31 bits per heavy atom. The molecule has 3 heteroatoms. The topological polar surface area (TPSA) is 12.0 Å². The molecule has 1 aromatic rings. The lowest BCUT2D eigenvalue weighted by molar-refractivity contribution is 0.542. The number of hydrogen-bond acceptors (Lipinski definition) is 2. The van der Waals surface area contributed by atoms with E-state index in [0.717, 1.165) is 12.6 Å². The van der Waals surface area contributed by atoms with Crippen molar-refractivity contribution in [1.82, 2.24) is 5.32 Å². The summed E-state index contributed by atoms with van der Waals surface area (Å²) in [5, 5.41) is 7.90. The van der Waals surface area contributed by atoms with Crippen LogP contribution in [0, 0.1) is 5.41 Å². The fourth-order valence-electron chi connectivity index (χ4n) is 1.48. The summed E-state index contributed by atoms with van der Waals surface area (Å²) >= 11 is 5.29. The summed E-state index contributed by atoms with van der Waals surface area (Å²) in [6.07, 6.45) is 1.31. The molecule has 1 N–H and O–H groups in total. The molecule has 0 aliphatic heterocycles. The Labute approximate surface area is 91.7 Å². The molecule has 1 fully saturated rings. The SMILES string of the molecule is CC1(C)CC1NCc1cscc1Br. The Morgan fingerprint density at radius 1 is 1.62 bits per heavy atom. The Bertz CT molecular complexity index is 306. The zero-order valence-electron chi connectivity index (χ0n) is 7.93. The molecule has 1 heterocycles. The van der Waals surface area contributed by atoms with Crippen LogP contribution < -0.4 is 5.32 Å². The number of hydrogen-bond donors (Lipinski definition) is 1. The van der Waals surface area contributed by atoms with Gasteiger partial charge in [-0.2, -0.15) is 11.3 Å². The van der Waals surface area contributed by atoms with Crippen LogP contribution in [0.3, 0.4) is 0 Å². The summed E-state index contributed by atoms with van der Waals surface area (Å²) in [7, 11) is 0. The van der Waals surface area contributed by atoms with E-state index in [4.69, 9.17) is 0 Å². The fourth-order valence-corrected chi connectivity index (χ4v) is 2.93. The first-order chi connectivity index (χ1) is 6.09. The Kier molecular flexibility index (Phi) is 2.51. The molecule has 0 aromatic carbocycles. The average molecular weight is 260 g/mol. The van der Waals surface area contributed by atoms with E-state index in [1.165, 1.54) is 16.5 Å². The van der Waals surface area contributed by atoms with Gasteiger partial charge in [-0.15, -0.1) is 0 Å². The highest BCUT2D eigenvalue weighted by atomic mass is 79.9. The molecule has 1 atom stereocenters. The van der Waals surface area contributed by atoms with Crippen LogP contribution in [0.5, 0.6) is 0 Å². The Hall–Kier alpha value is 0.140. The van der Waals surface area contributed by atoms with E-state index in [0.29, 0.717) is 5.41 Å². The van der Waals surface area contributed by atoms with Crippen molar-refractivity contribution in [1.29, 1.82) is 0 Å². The van der Waals surface area contributed by atoms with Gasteiger partial charge in [0.1, 0.15) is 0 Å². The van der Waals surface area contributed by atoms with E-state index in [1.54, 1.807) is 11.3 Å². The molecule has 1 aromatic heterocycles. The number of thiophene rings is 1. The molecule has 2 rings (SSSR count). The lowest BCUT2D eigenvalue weighted by atomic mass is 10.2. The molecule has 13 heavy (non-hydrogen) atoms. The summed E-state index contributed by atoms with van der Waals surface area (Å²) in [5.74, 6) is 0. The predicted molar refractivity (Wildman–Crippen MR) is 61.0 cm³/mol. The maximum Gasteiger partial charge on any atom is 0.0327 e. The van der Waals surface area contributed by atoms with Crippen molar-refractivity contribution in [3.8, 4) is 0 Å². The smallest absolute Gasteiger partial charge is 0.0327 e. The van der Waals surface area contributed by atoms with E-state index in [2.05, 4.69) is 45.9 Å². The van der Waals surface area contributed by atoms with Crippen molar-refractivity contribution in [2.24, 2.45) is 5.41 Å². The van der Waals surface area contributed by atoms with Gasteiger partial charge in [-0.05, 0) is 38.7 Å². The van der Waals surface area contributed by atoms with Gasteiger partial charge in [0.2, 0.25) is 0 Å². The van der Waals surface area contributed by atoms with Gasteiger partial charge >= 0.3 is 0 Å². The van der Waals surface area contributed by atoms with Crippen molar-refractivity contribution >= 4 is 27.3 Å². The first kappa shape index (κ1) is 9.69. The second kappa shape index (κ2) is 3.37. The fraction of sp³-hybridized carbons (Fsp3) is 0.600. The highest BCUT2D eigenvalue weighted by Crippen LogP contribution is 2.44.